The van der Waals surface area contributed by atoms with Crippen LogP contribution < -0.4 is 10.6 Å². The van der Waals surface area contributed by atoms with Gasteiger partial charge in [0, 0.05) is 24.6 Å². The lowest BCUT2D eigenvalue weighted by Gasteiger charge is -2.09. The second-order valence-electron chi connectivity index (χ2n) is 4.99. The Labute approximate surface area is 124 Å². The van der Waals surface area contributed by atoms with E-state index < -0.39 is 0 Å². The average Bonchev–Trinajstić information content (AvgIpc) is 2.48. The number of hydrogen-bond acceptors (Lipinski definition) is 4. The number of nitrogens with zero attached hydrogens (tertiary/aromatic N) is 2. The van der Waals surface area contributed by atoms with Crippen LogP contribution in [-0.4, -0.2) is 22.4 Å². The second kappa shape index (κ2) is 6.83. The monoisotopic (exact) mass is 284 g/mol. The lowest BCUT2D eigenvalue weighted by atomic mass is 10.1. The number of aryl methyl sites for hydroxylation is 2. The minimum Gasteiger partial charge on any atom is -0.352 e. The molecular weight excluding hydrogens is 264 g/mol. The van der Waals surface area contributed by atoms with Gasteiger partial charge in [-0.1, -0.05) is 24.6 Å². The molecule has 0 aliphatic heterocycles. The van der Waals surface area contributed by atoms with E-state index in [0.717, 1.165) is 17.7 Å². The summed E-state index contributed by atoms with van der Waals surface area (Å²) in [6.07, 6.45) is 3.96. The molecule has 21 heavy (non-hydrogen) atoms. The summed E-state index contributed by atoms with van der Waals surface area (Å²) in [6, 6.07) is 6.12. The van der Waals surface area contributed by atoms with E-state index in [-0.39, 0.29) is 5.91 Å². The van der Waals surface area contributed by atoms with Crippen LogP contribution in [0.15, 0.2) is 30.6 Å². The molecule has 110 valence electrons. The molecular formula is C16H20N4O. The number of nitrogens with one attached hydrogen (secondary N) is 2. The molecule has 2 rings (SSSR count). The molecule has 2 aromatic rings. The summed E-state index contributed by atoms with van der Waals surface area (Å²) in [7, 11) is 0. The Morgan fingerprint density at radius 1 is 1.19 bits per heavy atom. The molecule has 0 aliphatic carbocycles. The molecule has 2 N–H and O–H groups in total. The van der Waals surface area contributed by atoms with Gasteiger partial charge in [-0.2, -0.15) is 0 Å². The number of amides is 1. The van der Waals surface area contributed by atoms with Crippen LogP contribution in [0.5, 0.6) is 0 Å². The van der Waals surface area contributed by atoms with Crippen molar-refractivity contribution in [3.63, 3.8) is 0 Å². The van der Waals surface area contributed by atoms with Crippen LogP contribution in [0.2, 0.25) is 0 Å². The standard InChI is InChI=1S/C16H20N4O/c1-4-7-17-15(21)13-9-18-16(19-10-13)20-14-6-5-11(2)8-12(14)3/h5-6,8-10H,4,7H2,1-3H3,(H,17,21)(H,18,19,20). The highest BCUT2D eigenvalue weighted by Gasteiger charge is 2.07. The minimum atomic E-state index is -0.144. The van der Waals surface area contributed by atoms with Crippen molar-refractivity contribution in [3.8, 4) is 0 Å². The summed E-state index contributed by atoms with van der Waals surface area (Å²) < 4.78 is 0. The first-order chi connectivity index (χ1) is 10.1. The van der Waals surface area contributed by atoms with Crippen molar-refractivity contribution in [2.24, 2.45) is 0 Å². The predicted octanol–water partition coefficient (Wildman–Crippen LogP) is 2.98. The molecule has 0 fully saturated rings. The Hall–Kier alpha value is -2.43. The number of benzene rings is 1. The summed E-state index contributed by atoms with van der Waals surface area (Å²) in [4.78, 5) is 20.1. The third kappa shape index (κ3) is 4.02. The quantitative estimate of drug-likeness (QED) is 0.885. The van der Waals surface area contributed by atoms with Crippen LogP contribution in [-0.2, 0) is 0 Å². The Kier molecular flexibility index (Phi) is 4.87. The van der Waals surface area contributed by atoms with Gasteiger partial charge >= 0.3 is 0 Å². The molecule has 0 bridgehead atoms. The van der Waals surface area contributed by atoms with Crippen molar-refractivity contribution in [1.82, 2.24) is 15.3 Å². The van der Waals surface area contributed by atoms with Crippen LogP contribution in [0, 0.1) is 13.8 Å². The normalized spacial score (nSPS) is 10.2. The summed E-state index contributed by atoms with van der Waals surface area (Å²) >= 11 is 0. The van der Waals surface area contributed by atoms with Crippen LogP contribution in [0.3, 0.4) is 0 Å². The number of carbonyl (C=O) groups is 1. The fourth-order valence-electron chi connectivity index (χ4n) is 1.92. The maximum Gasteiger partial charge on any atom is 0.254 e. The van der Waals surface area contributed by atoms with Gasteiger partial charge in [0.15, 0.2) is 0 Å². The Balaban J connectivity index is 2.07. The van der Waals surface area contributed by atoms with Gasteiger partial charge in [0.2, 0.25) is 5.95 Å². The van der Waals surface area contributed by atoms with Crippen LogP contribution in [0.25, 0.3) is 0 Å². The zero-order valence-electron chi connectivity index (χ0n) is 12.6. The van der Waals surface area contributed by atoms with E-state index >= 15 is 0 Å². The first kappa shape index (κ1) is 15.0. The van der Waals surface area contributed by atoms with Gasteiger partial charge in [-0.25, -0.2) is 9.97 Å². The van der Waals surface area contributed by atoms with Crippen molar-refractivity contribution < 1.29 is 4.79 Å². The zero-order valence-corrected chi connectivity index (χ0v) is 12.6. The first-order valence-electron chi connectivity index (χ1n) is 7.04. The molecule has 0 saturated heterocycles. The lowest BCUT2D eigenvalue weighted by molar-refractivity contribution is 0.0953. The summed E-state index contributed by atoms with van der Waals surface area (Å²) in [5, 5.41) is 5.95. The molecule has 1 aromatic heterocycles. The number of rotatable bonds is 5. The molecule has 0 spiro atoms. The largest absolute Gasteiger partial charge is 0.352 e. The maximum atomic E-state index is 11.8. The van der Waals surface area contributed by atoms with Gasteiger partial charge in [0.05, 0.1) is 5.56 Å². The van der Waals surface area contributed by atoms with Crippen molar-refractivity contribution in [1.29, 1.82) is 0 Å². The van der Waals surface area contributed by atoms with Crippen molar-refractivity contribution in [3.05, 3.63) is 47.3 Å². The molecule has 5 nitrogen and oxygen atoms in total. The SMILES string of the molecule is CCCNC(=O)c1cnc(Nc2ccc(C)cc2C)nc1. The van der Waals surface area contributed by atoms with Gasteiger partial charge in [-0.15, -0.1) is 0 Å². The summed E-state index contributed by atoms with van der Waals surface area (Å²) in [5.41, 5.74) is 3.77. The molecule has 5 heteroatoms. The van der Waals surface area contributed by atoms with E-state index in [9.17, 15) is 4.79 Å². The van der Waals surface area contributed by atoms with E-state index in [1.807, 2.05) is 26.0 Å². The van der Waals surface area contributed by atoms with Crippen molar-refractivity contribution in [2.45, 2.75) is 27.2 Å². The molecule has 0 saturated carbocycles. The summed E-state index contributed by atoms with van der Waals surface area (Å²) in [6.45, 7) is 6.74. The van der Waals surface area contributed by atoms with Gasteiger partial charge in [0.25, 0.3) is 5.91 Å². The van der Waals surface area contributed by atoms with E-state index in [1.165, 1.54) is 18.0 Å². The summed E-state index contributed by atoms with van der Waals surface area (Å²) in [5.74, 6) is 0.337. The van der Waals surface area contributed by atoms with E-state index in [1.54, 1.807) is 0 Å². The third-order valence-electron chi connectivity index (χ3n) is 3.08. The number of anilines is 2. The minimum absolute atomic E-state index is 0.144. The van der Waals surface area contributed by atoms with Crippen molar-refractivity contribution in [2.75, 3.05) is 11.9 Å². The smallest absolute Gasteiger partial charge is 0.254 e. The van der Waals surface area contributed by atoms with E-state index in [0.29, 0.717) is 18.1 Å². The van der Waals surface area contributed by atoms with E-state index in [4.69, 9.17) is 0 Å². The molecule has 0 radical (unpaired) electrons. The second-order valence-corrected chi connectivity index (χ2v) is 4.99. The molecule has 1 amide bonds. The average molecular weight is 284 g/mol. The van der Waals surface area contributed by atoms with Gasteiger partial charge in [-0.3, -0.25) is 4.79 Å². The van der Waals surface area contributed by atoms with Crippen LogP contribution >= 0.6 is 0 Å². The lowest BCUT2D eigenvalue weighted by Crippen LogP contribution is -2.24. The Bertz CT molecular complexity index is 623. The van der Waals surface area contributed by atoms with Crippen molar-refractivity contribution >= 4 is 17.5 Å². The highest BCUT2D eigenvalue weighted by atomic mass is 16.1. The molecule has 0 unspecified atom stereocenters. The van der Waals surface area contributed by atoms with Gasteiger partial charge in [0.1, 0.15) is 0 Å². The number of aromatic nitrogens is 2. The van der Waals surface area contributed by atoms with Gasteiger partial charge in [-0.05, 0) is 31.9 Å². The topological polar surface area (TPSA) is 66.9 Å². The number of carbonyl (C=O) groups excluding carboxylic acids is 1. The number of hydrogen-bond donors (Lipinski definition) is 2. The predicted molar refractivity (Wildman–Crippen MR) is 83.9 cm³/mol. The molecule has 1 aromatic carbocycles. The Morgan fingerprint density at radius 3 is 2.52 bits per heavy atom. The molecule has 0 aliphatic rings. The third-order valence-corrected chi connectivity index (χ3v) is 3.08. The zero-order chi connectivity index (χ0) is 15.2. The van der Waals surface area contributed by atoms with Gasteiger partial charge < -0.3 is 10.6 Å². The maximum absolute atomic E-state index is 11.8. The highest BCUT2D eigenvalue weighted by Crippen LogP contribution is 2.19. The first-order valence-corrected chi connectivity index (χ1v) is 7.04. The fraction of sp³-hybridized carbons (Fsp3) is 0.312. The fourth-order valence-corrected chi connectivity index (χ4v) is 1.92. The highest BCUT2D eigenvalue weighted by molar-refractivity contribution is 5.93. The van der Waals surface area contributed by atoms with Crippen LogP contribution in [0.4, 0.5) is 11.6 Å². The molecule has 1 heterocycles. The van der Waals surface area contributed by atoms with Crippen LogP contribution in [0.1, 0.15) is 34.8 Å². The molecule has 0 atom stereocenters. The Morgan fingerprint density at radius 2 is 1.90 bits per heavy atom. The van der Waals surface area contributed by atoms with E-state index in [2.05, 4.69) is 33.6 Å².